The van der Waals surface area contributed by atoms with E-state index in [1.165, 1.54) is 5.56 Å². The van der Waals surface area contributed by atoms with Crippen molar-refractivity contribution in [1.82, 2.24) is 3.53 Å². The summed E-state index contributed by atoms with van der Waals surface area (Å²) in [6, 6.07) is 10.3. The van der Waals surface area contributed by atoms with Crippen molar-refractivity contribution in [2.24, 2.45) is 0 Å². The highest BCUT2D eigenvalue weighted by molar-refractivity contribution is 14.1. The van der Waals surface area contributed by atoms with Crippen LogP contribution in [0, 0.1) is 0 Å². The molecule has 58 valence electrons. The van der Waals surface area contributed by atoms with Crippen molar-refractivity contribution in [2.45, 2.75) is 0 Å². The molecule has 1 nitrogen and oxygen atoms in total. The summed E-state index contributed by atoms with van der Waals surface area (Å²) in [4.78, 5) is 0. The van der Waals surface area contributed by atoms with Crippen molar-refractivity contribution in [3.8, 4) is 0 Å². The zero-order valence-electron chi connectivity index (χ0n) is 6.13. The van der Waals surface area contributed by atoms with Gasteiger partial charge in [0.15, 0.2) is 0 Å². The first kappa shape index (κ1) is 8.74. The Labute approximate surface area is 81.0 Å². The molecule has 0 saturated heterocycles. The van der Waals surface area contributed by atoms with Gasteiger partial charge in [0.1, 0.15) is 0 Å². The Bertz CT molecular complexity index is 218. The molecular weight excluding hydrogens is 249 g/mol. The number of rotatable bonds is 3. The van der Waals surface area contributed by atoms with Crippen molar-refractivity contribution in [2.75, 3.05) is 6.54 Å². The second kappa shape index (κ2) is 5.32. The lowest BCUT2D eigenvalue weighted by Crippen LogP contribution is -1.93. The maximum absolute atomic E-state index is 3.02. The highest BCUT2D eigenvalue weighted by Crippen LogP contribution is 1.99. The minimum Gasteiger partial charge on any atom is -0.257 e. The second-order valence-electron chi connectivity index (χ2n) is 2.15. The summed E-state index contributed by atoms with van der Waals surface area (Å²) in [5.41, 5.74) is 1.25. The van der Waals surface area contributed by atoms with E-state index in [0.29, 0.717) is 0 Å². The van der Waals surface area contributed by atoms with Gasteiger partial charge in [-0.3, -0.25) is 3.53 Å². The van der Waals surface area contributed by atoms with Gasteiger partial charge >= 0.3 is 0 Å². The summed E-state index contributed by atoms with van der Waals surface area (Å²) in [6.07, 6.45) is 4.20. The molecule has 0 fully saturated rings. The van der Waals surface area contributed by atoms with Crippen molar-refractivity contribution in [3.05, 3.63) is 42.0 Å². The van der Waals surface area contributed by atoms with Crippen LogP contribution in [0.1, 0.15) is 5.56 Å². The van der Waals surface area contributed by atoms with Crippen LogP contribution >= 0.6 is 22.9 Å². The predicted octanol–water partition coefficient (Wildman–Crippen LogP) is 2.64. The van der Waals surface area contributed by atoms with Crippen LogP contribution in [0.5, 0.6) is 0 Å². The number of nitrogens with one attached hydrogen (secondary N) is 1. The molecule has 0 unspecified atom stereocenters. The third-order valence-corrected chi connectivity index (χ3v) is 1.75. The first-order chi connectivity index (χ1) is 5.43. The van der Waals surface area contributed by atoms with Gasteiger partial charge in [-0.15, -0.1) is 0 Å². The van der Waals surface area contributed by atoms with Gasteiger partial charge in [-0.2, -0.15) is 0 Å². The van der Waals surface area contributed by atoms with Crippen LogP contribution < -0.4 is 3.53 Å². The molecule has 1 aromatic carbocycles. The summed E-state index contributed by atoms with van der Waals surface area (Å²) in [5.74, 6) is 0. The lowest BCUT2D eigenvalue weighted by atomic mass is 10.2. The third kappa shape index (κ3) is 3.53. The largest absolute Gasteiger partial charge is 0.257 e. The maximum Gasteiger partial charge on any atom is 0.0234 e. The first-order valence-corrected chi connectivity index (χ1v) is 4.56. The van der Waals surface area contributed by atoms with E-state index < -0.39 is 0 Å². The molecule has 0 spiro atoms. The minimum atomic E-state index is 0.912. The van der Waals surface area contributed by atoms with Gasteiger partial charge in [0, 0.05) is 29.4 Å². The molecule has 0 heterocycles. The molecule has 0 aliphatic heterocycles. The Morgan fingerprint density at radius 3 is 2.64 bits per heavy atom. The normalized spacial score (nSPS) is 10.6. The summed E-state index contributed by atoms with van der Waals surface area (Å²) >= 11 is 2.13. The molecule has 0 radical (unpaired) electrons. The van der Waals surface area contributed by atoms with E-state index in [2.05, 4.69) is 50.7 Å². The zero-order valence-corrected chi connectivity index (χ0v) is 8.28. The van der Waals surface area contributed by atoms with Gasteiger partial charge in [-0.05, 0) is 5.56 Å². The van der Waals surface area contributed by atoms with E-state index in [0.717, 1.165) is 6.54 Å². The predicted molar refractivity (Wildman–Crippen MR) is 57.5 cm³/mol. The molecule has 2 heteroatoms. The zero-order chi connectivity index (χ0) is 7.94. The van der Waals surface area contributed by atoms with Crippen molar-refractivity contribution in [1.29, 1.82) is 0 Å². The van der Waals surface area contributed by atoms with E-state index >= 15 is 0 Å². The fourth-order valence-electron chi connectivity index (χ4n) is 0.804. The van der Waals surface area contributed by atoms with E-state index in [4.69, 9.17) is 0 Å². The van der Waals surface area contributed by atoms with Crippen LogP contribution in [-0.2, 0) is 0 Å². The van der Waals surface area contributed by atoms with Crippen LogP contribution in [0.25, 0.3) is 6.08 Å². The summed E-state index contributed by atoms with van der Waals surface area (Å²) in [7, 11) is 0. The standard InChI is InChI=1S/C9H10IN/c10-11-8-4-7-9-5-2-1-3-6-9/h1-7,11H,8H2. The van der Waals surface area contributed by atoms with E-state index in [9.17, 15) is 0 Å². The number of halogens is 1. The molecule has 0 aromatic heterocycles. The monoisotopic (exact) mass is 259 g/mol. The van der Waals surface area contributed by atoms with Crippen molar-refractivity contribution >= 4 is 28.9 Å². The van der Waals surface area contributed by atoms with E-state index in [1.54, 1.807) is 0 Å². The highest BCUT2D eigenvalue weighted by Gasteiger charge is 1.80. The molecule has 0 atom stereocenters. The number of hydrogen-bond donors (Lipinski definition) is 1. The summed E-state index contributed by atoms with van der Waals surface area (Å²) in [6.45, 7) is 0.912. The van der Waals surface area contributed by atoms with Crippen LogP contribution in [-0.4, -0.2) is 6.54 Å². The van der Waals surface area contributed by atoms with Crippen molar-refractivity contribution in [3.63, 3.8) is 0 Å². The quantitative estimate of drug-likeness (QED) is 0.650. The molecule has 1 aromatic rings. The third-order valence-electron chi connectivity index (χ3n) is 1.30. The van der Waals surface area contributed by atoms with Gasteiger partial charge in [0.25, 0.3) is 0 Å². The topological polar surface area (TPSA) is 12.0 Å². The summed E-state index contributed by atoms with van der Waals surface area (Å²) < 4.78 is 3.02. The Hall–Kier alpha value is -0.350. The molecule has 0 aliphatic carbocycles. The molecule has 11 heavy (non-hydrogen) atoms. The number of benzene rings is 1. The first-order valence-electron chi connectivity index (χ1n) is 3.48. The summed E-state index contributed by atoms with van der Waals surface area (Å²) in [5, 5.41) is 0. The van der Waals surface area contributed by atoms with Crippen LogP contribution in [0.4, 0.5) is 0 Å². The van der Waals surface area contributed by atoms with Gasteiger partial charge in [0.2, 0.25) is 0 Å². The smallest absolute Gasteiger partial charge is 0.0234 e. The van der Waals surface area contributed by atoms with Crippen molar-refractivity contribution < 1.29 is 0 Å². The molecule has 0 aliphatic rings. The second-order valence-corrected chi connectivity index (χ2v) is 2.91. The Balaban J connectivity index is 2.50. The molecule has 1 rings (SSSR count). The molecule has 0 bridgehead atoms. The molecule has 0 saturated carbocycles. The maximum atomic E-state index is 3.02. The van der Waals surface area contributed by atoms with Crippen LogP contribution in [0.15, 0.2) is 36.4 Å². The average Bonchev–Trinajstić information content (AvgIpc) is 2.07. The SMILES string of the molecule is INCC=Cc1ccccc1. The van der Waals surface area contributed by atoms with Gasteiger partial charge in [-0.25, -0.2) is 0 Å². The van der Waals surface area contributed by atoms with Gasteiger partial charge < -0.3 is 0 Å². The van der Waals surface area contributed by atoms with E-state index in [1.807, 2.05) is 18.2 Å². The fourth-order valence-corrected chi connectivity index (χ4v) is 1.06. The Morgan fingerprint density at radius 2 is 2.00 bits per heavy atom. The minimum absolute atomic E-state index is 0.912. The fraction of sp³-hybridized carbons (Fsp3) is 0.111. The average molecular weight is 259 g/mol. The Kier molecular flexibility index (Phi) is 4.23. The molecule has 0 amide bonds. The van der Waals surface area contributed by atoms with Gasteiger partial charge in [0.05, 0.1) is 0 Å². The molecule has 1 N–H and O–H groups in total. The highest BCUT2D eigenvalue weighted by atomic mass is 127. The van der Waals surface area contributed by atoms with Gasteiger partial charge in [-0.1, -0.05) is 42.5 Å². The lowest BCUT2D eigenvalue weighted by molar-refractivity contribution is 1.19. The Morgan fingerprint density at radius 1 is 1.27 bits per heavy atom. The van der Waals surface area contributed by atoms with E-state index in [-0.39, 0.29) is 0 Å². The van der Waals surface area contributed by atoms with Crippen LogP contribution in [0.3, 0.4) is 0 Å². The number of hydrogen-bond acceptors (Lipinski definition) is 1. The van der Waals surface area contributed by atoms with Crippen LogP contribution in [0.2, 0.25) is 0 Å². The molecular formula is C9H10IN. The lowest BCUT2D eigenvalue weighted by Gasteiger charge is -1.90.